The summed E-state index contributed by atoms with van der Waals surface area (Å²) in [7, 11) is 0. The van der Waals surface area contributed by atoms with Gasteiger partial charge in [0.1, 0.15) is 0 Å². The van der Waals surface area contributed by atoms with E-state index in [4.69, 9.17) is 0 Å². The van der Waals surface area contributed by atoms with Gasteiger partial charge in [-0.3, -0.25) is 0 Å². The molecule has 1 fully saturated rings. The number of nitroso groups, excluding NO2 is 1. The zero-order chi connectivity index (χ0) is 9.03. The molecule has 70 valence electrons. The van der Waals surface area contributed by atoms with Crippen molar-refractivity contribution in [2.45, 2.75) is 54.9 Å². The van der Waals surface area contributed by atoms with Crippen molar-refractivity contribution >= 4 is 22.6 Å². The maximum absolute atomic E-state index is 10.3. The molecule has 0 aliphatic heterocycles. The van der Waals surface area contributed by atoms with E-state index in [1.165, 1.54) is 12.8 Å². The van der Waals surface area contributed by atoms with Gasteiger partial charge in [-0.15, -0.1) is 0 Å². The topological polar surface area (TPSA) is 29.4 Å². The molecule has 0 saturated heterocycles. The van der Waals surface area contributed by atoms with Gasteiger partial charge in [-0.2, -0.15) is 4.91 Å². The van der Waals surface area contributed by atoms with E-state index in [9.17, 15) is 4.91 Å². The molecule has 0 unspecified atom stereocenters. The van der Waals surface area contributed by atoms with Crippen molar-refractivity contribution in [1.29, 1.82) is 0 Å². The van der Waals surface area contributed by atoms with Crippen LogP contribution in [0.3, 0.4) is 0 Å². The SMILES string of the molecule is CC1(I)CCCC(N=O)CCC1. The number of nitrogens with zero attached hydrogens (tertiary/aromatic N) is 1. The van der Waals surface area contributed by atoms with Crippen LogP contribution in [0.25, 0.3) is 0 Å². The zero-order valence-electron chi connectivity index (χ0n) is 7.55. The minimum absolute atomic E-state index is 0.109. The molecule has 0 bridgehead atoms. The second-order valence-corrected chi connectivity index (χ2v) is 6.56. The van der Waals surface area contributed by atoms with Crippen LogP contribution in [0.4, 0.5) is 0 Å². The molecule has 3 heteroatoms. The monoisotopic (exact) mass is 281 g/mol. The molecule has 0 spiro atoms. The molecule has 0 N–H and O–H groups in total. The molecule has 1 rings (SSSR count). The first kappa shape index (κ1) is 10.4. The predicted molar refractivity (Wildman–Crippen MR) is 59.7 cm³/mol. The van der Waals surface area contributed by atoms with Crippen molar-refractivity contribution in [2.24, 2.45) is 5.18 Å². The second-order valence-electron chi connectivity index (χ2n) is 3.96. The molecule has 1 aliphatic carbocycles. The smallest absolute Gasteiger partial charge is 0.0919 e. The van der Waals surface area contributed by atoms with Gasteiger partial charge < -0.3 is 0 Å². The van der Waals surface area contributed by atoms with E-state index >= 15 is 0 Å². The number of hydrogen-bond donors (Lipinski definition) is 0. The summed E-state index contributed by atoms with van der Waals surface area (Å²) in [5.41, 5.74) is 0. The van der Waals surface area contributed by atoms with E-state index in [1.807, 2.05) is 0 Å². The molecule has 12 heavy (non-hydrogen) atoms. The molecule has 0 aromatic heterocycles. The lowest BCUT2D eigenvalue weighted by Crippen LogP contribution is -2.20. The fraction of sp³-hybridized carbons (Fsp3) is 1.00. The van der Waals surface area contributed by atoms with Crippen LogP contribution in [0, 0.1) is 4.91 Å². The standard InChI is InChI=1S/C9H16INO/c1-9(10)6-2-4-8(11-12)5-3-7-9/h8H,2-7H2,1H3. The Morgan fingerprint density at radius 2 is 1.83 bits per heavy atom. The Labute approximate surface area is 87.6 Å². The quantitative estimate of drug-likeness (QED) is 0.409. The predicted octanol–water partition coefficient (Wildman–Crippen LogP) is 3.67. The van der Waals surface area contributed by atoms with Gasteiger partial charge in [0.2, 0.25) is 0 Å². The van der Waals surface area contributed by atoms with Crippen molar-refractivity contribution in [3.05, 3.63) is 4.91 Å². The average Bonchev–Trinajstić information content (AvgIpc) is 1.97. The third-order valence-electron chi connectivity index (χ3n) is 2.62. The summed E-state index contributed by atoms with van der Waals surface area (Å²) >= 11 is 2.54. The molecule has 0 aromatic rings. The third kappa shape index (κ3) is 3.37. The third-order valence-corrected chi connectivity index (χ3v) is 3.70. The van der Waals surface area contributed by atoms with Crippen LogP contribution in [0.15, 0.2) is 5.18 Å². The summed E-state index contributed by atoms with van der Waals surface area (Å²) in [4.78, 5) is 10.3. The maximum Gasteiger partial charge on any atom is 0.0919 e. The highest BCUT2D eigenvalue weighted by molar-refractivity contribution is 14.1. The largest absolute Gasteiger partial charge is 0.151 e. The van der Waals surface area contributed by atoms with Crippen molar-refractivity contribution < 1.29 is 0 Å². The van der Waals surface area contributed by atoms with E-state index in [0.29, 0.717) is 3.42 Å². The van der Waals surface area contributed by atoms with E-state index < -0.39 is 0 Å². The van der Waals surface area contributed by atoms with Crippen LogP contribution in [-0.4, -0.2) is 9.46 Å². The highest BCUT2D eigenvalue weighted by Gasteiger charge is 2.23. The van der Waals surface area contributed by atoms with Crippen molar-refractivity contribution in [3.8, 4) is 0 Å². The number of rotatable bonds is 1. The Kier molecular flexibility index (Phi) is 3.93. The lowest BCUT2D eigenvalue weighted by molar-refractivity contribution is 0.416. The van der Waals surface area contributed by atoms with Gasteiger partial charge in [-0.25, -0.2) is 0 Å². The molecular weight excluding hydrogens is 265 g/mol. The van der Waals surface area contributed by atoms with E-state index in [1.54, 1.807) is 0 Å². The number of hydrogen-bond acceptors (Lipinski definition) is 2. The van der Waals surface area contributed by atoms with Gasteiger partial charge in [0.25, 0.3) is 0 Å². The Hall–Kier alpha value is 0.330. The summed E-state index contributed by atoms with van der Waals surface area (Å²) in [6.45, 7) is 2.31. The van der Waals surface area contributed by atoms with Crippen LogP contribution in [0.2, 0.25) is 0 Å². The summed E-state index contributed by atoms with van der Waals surface area (Å²) in [5.74, 6) is 0. The van der Waals surface area contributed by atoms with Crippen LogP contribution < -0.4 is 0 Å². The maximum atomic E-state index is 10.3. The summed E-state index contributed by atoms with van der Waals surface area (Å²) in [6, 6.07) is 0.109. The highest BCUT2D eigenvalue weighted by atomic mass is 127. The fourth-order valence-electron chi connectivity index (χ4n) is 1.79. The van der Waals surface area contributed by atoms with Crippen molar-refractivity contribution in [1.82, 2.24) is 0 Å². The zero-order valence-corrected chi connectivity index (χ0v) is 9.71. The van der Waals surface area contributed by atoms with E-state index in [-0.39, 0.29) is 6.04 Å². The van der Waals surface area contributed by atoms with Gasteiger partial charge in [0.05, 0.1) is 6.04 Å². The number of alkyl halides is 1. The molecule has 0 atom stereocenters. The van der Waals surface area contributed by atoms with Crippen LogP contribution in [0.5, 0.6) is 0 Å². The molecular formula is C9H16INO. The van der Waals surface area contributed by atoms with Gasteiger partial charge in [-0.05, 0) is 38.5 Å². The van der Waals surface area contributed by atoms with E-state index in [2.05, 4.69) is 34.7 Å². The van der Waals surface area contributed by atoms with Gasteiger partial charge >= 0.3 is 0 Å². The Morgan fingerprint density at radius 1 is 1.33 bits per heavy atom. The average molecular weight is 281 g/mol. The molecule has 1 aliphatic rings. The minimum atomic E-state index is 0.109. The van der Waals surface area contributed by atoms with Crippen molar-refractivity contribution in [2.75, 3.05) is 0 Å². The lowest BCUT2D eigenvalue weighted by Gasteiger charge is -2.26. The van der Waals surface area contributed by atoms with Crippen LogP contribution in [0.1, 0.15) is 45.4 Å². The Bertz CT molecular complexity index is 147. The van der Waals surface area contributed by atoms with E-state index in [0.717, 1.165) is 25.7 Å². The minimum Gasteiger partial charge on any atom is -0.151 e. The van der Waals surface area contributed by atoms with Crippen LogP contribution in [-0.2, 0) is 0 Å². The highest BCUT2D eigenvalue weighted by Crippen LogP contribution is 2.34. The Morgan fingerprint density at radius 3 is 2.25 bits per heavy atom. The first-order chi connectivity index (χ1) is 5.64. The first-order valence-corrected chi connectivity index (χ1v) is 5.73. The molecule has 0 radical (unpaired) electrons. The Balaban J connectivity index is 2.39. The molecule has 0 aromatic carbocycles. The first-order valence-electron chi connectivity index (χ1n) is 4.65. The van der Waals surface area contributed by atoms with Gasteiger partial charge in [0, 0.05) is 3.42 Å². The molecule has 0 amide bonds. The summed E-state index contributed by atoms with van der Waals surface area (Å²) in [5, 5.41) is 3.14. The molecule has 1 saturated carbocycles. The summed E-state index contributed by atoms with van der Waals surface area (Å²) < 4.78 is 0.464. The molecule has 2 nitrogen and oxygen atoms in total. The molecule has 0 heterocycles. The van der Waals surface area contributed by atoms with Crippen LogP contribution >= 0.6 is 22.6 Å². The summed E-state index contributed by atoms with van der Waals surface area (Å²) in [6.07, 6.45) is 6.80. The number of halogens is 1. The van der Waals surface area contributed by atoms with Gasteiger partial charge in [0.15, 0.2) is 0 Å². The fourth-order valence-corrected chi connectivity index (χ4v) is 2.55. The van der Waals surface area contributed by atoms with Gasteiger partial charge in [-0.1, -0.05) is 34.7 Å². The van der Waals surface area contributed by atoms with Crippen molar-refractivity contribution in [3.63, 3.8) is 0 Å². The second kappa shape index (κ2) is 4.53. The normalized spacial score (nSPS) is 38.3. The lowest BCUT2D eigenvalue weighted by atomic mass is 9.90.